The minimum Gasteiger partial charge on any atom is -0.480 e. The second-order valence-electron chi connectivity index (χ2n) is 4.00. The normalized spacial score (nSPS) is 11.4. The summed E-state index contributed by atoms with van der Waals surface area (Å²) >= 11 is 3.25. The zero-order valence-electron chi connectivity index (χ0n) is 10.4. The minimum atomic E-state index is -1.23. The number of carbonyl (C=O) groups is 3. The molecule has 0 aliphatic carbocycles. The van der Waals surface area contributed by atoms with Crippen LogP contribution in [0.2, 0.25) is 0 Å². The van der Waals surface area contributed by atoms with Crippen molar-refractivity contribution in [1.82, 2.24) is 5.32 Å². The number of hydrogen-bond acceptors (Lipinski definition) is 3. The topological polar surface area (TPSA) is 122 Å². The highest BCUT2D eigenvalue weighted by Crippen LogP contribution is 2.15. The van der Waals surface area contributed by atoms with Gasteiger partial charge in [-0.25, -0.2) is 9.59 Å². The van der Waals surface area contributed by atoms with Gasteiger partial charge in [0.15, 0.2) is 0 Å². The highest BCUT2D eigenvalue weighted by atomic mass is 79.9. The van der Waals surface area contributed by atoms with Gasteiger partial charge in [-0.3, -0.25) is 4.79 Å². The van der Waals surface area contributed by atoms with Crippen molar-refractivity contribution in [2.45, 2.75) is 18.9 Å². The van der Waals surface area contributed by atoms with E-state index >= 15 is 0 Å². The smallest absolute Gasteiger partial charge is 0.326 e. The van der Waals surface area contributed by atoms with Gasteiger partial charge in [-0.15, -0.1) is 0 Å². The third-order valence-electron chi connectivity index (χ3n) is 2.37. The van der Waals surface area contributed by atoms with Gasteiger partial charge in [-0.05, 0) is 24.6 Å². The molecule has 0 heterocycles. The molecular weight excluding hydrogens is 330 g/mol. The maximum Gasteiger partial charge on any atom is 0.326 e. The fourth-order valence-corrected chi connectivity index (χ4v) is 1.83. The van der Waals surface area contributed by atoms with Crippen molar-refractivity contribution >= 4 is 39.5 Å². The first kappa shape index (κ1) is 16.0. The number of nitrogens with one attached hydrogen (secondary N) is 2. The van der Waals surface area contributed by atoms with E-state index in [1.54, 1.807) is 24.3 Å². The Labute approximate surface area is 123 Å². The van der Waals surface area contributed by atoms with Crippen molar-refractivity contribution < 1.29 is 19.5 Å². The van der Waals surface area contributed by atoms with Gasteiger partial charge < -0.3 is 21.5 Å². The summed E-state index contributed by atoms with van der Waals surface area (Å²) in [5, 5.41) is 13.7. The largest absolute Gasteiger partial charge is 0.480 e. The van der Waals surface area contributed by atoms with Crippen LogP contribution < -0.4 is 16.4 Å². The first-order valence-corrected chi connectivity index (χ1v) is 6.52. The second kappa shape index (κ2) is 7.49. The molecule has 0 spiro atoms. The van der Waals surface area contributed by atoms with Crippen LogP contribution in [0.3, 0.4) is 0 Å². The number of rotatable bonds is 6. The summed E-state index contributed by atoms with van der Waals surface area (Å²) in [7, 11) is 0. The Morgan fingerprint density at radius 3 is 2.60 bits per heavy atom. The molecule has 1 aromatic carbocycles. The molecule has 7 nitrogen and oxygen atoms in total. The van der Waals surface area contributed by atoms with Crippen LogP contribution in [-0.2, 0) is 9.59 Å². The van der Waals surface area contributed by atoms with Crippen molar-refractivity contribution in [1.29, 1.82) is 0 Å². The maximum atomic E-state index is 11.7. The van der Waals surface area contributed by atoms with E-state index in [2.05, 4.69) is 26.6 Å². The Kier molecular flexibility index (Phi) is 5.98. The first-order valence-electron chi connectivity index (χ1n) is 5.72. The summed E-state index contributed by atoms with van der Waals surface area (Å²) in [6, 6.07) is 4.99. The Morgan fingerprint density at radius 2 is 2.05 bits per heavy atom. The number of urea groups is 1. The Bertz CT molecular complexity index is 521. The van der Waals surface area contributed by atoms with Gasteiger partial charge in [0.05, 0.1) is 0 Å². The summed E-state index contributed by atoms with van der Waals surface area (Å²) in [5.74, 6) is -1.85. The van der Waals surface area contributed by atoms with Crippen LogP contribution in [0, 0.1) is 0 Å². The number of amides is 3. The number of benzene rings is 1. The van der Waals surface area contributed by atoms with E-state index in [-0.39, 0.29) is 12.8 Å². The van der Waals surface area contributed by atoms with Gasteiger partial charge >= 0.3 is 12.0 Å². The fraction of sp³-hybridized carbons (Fsp3) is 0.250. The predicted molar refractivity (Wildman–Crippen MR) is 76.1 cm³/mol. The summed E-state index contributed by atoms with van der Waals surface area (Å²) in [5.41, 5.74) is 5.46. The molecule has 0 saturated carbocycles. The molecule has 20 heavy (non-hydrogen) atoms. The number of nitrogens with two attached hydrogens (primary N) is 1. The van der Waals surface area contributed by atoms with Crippen molar-refractivity contribution in [3.63, 3.8) is 0 Å². The molecule has 1 aromatic rings. The van der Waals surface area contributed by atoms with E-state index < -0.39 is 23.9 Å². The Balaban J connectivity index is 2.57. The van der Waals surface area contributed by atoms with Crippen LogP contribution in [0.15, 0.2) is 28.7 Å². The molecule has 1 atom stereocenters. The molecule has 3 amide bonds. The summed E-state index contributed by atoms with van der Waals surface area (Å²) in [6.45, 7) is 0. The van der Waals surface area contributed by atoms with Crippen molar-refractivity contribution in [2.24, 2.45) is 5.73 Å². The van der Waals surface area contributed by atoms with Crippen molar-refractivity contribution in [3.8, 4) is 0 Å². The van der Waals surface area contributed by atoms with Crippen LogP contribution in [0.4, 0.5) is 10.5 Å². The molecule has 0 radical (unpaired) electrons. The number of halogens is 1. The average Bonchev–Trinajstić information content (AvgIpc) is 2.33. The molecule has 0 aromatic heterocycles. The SMILES string of the molecule is NC(=O)CC[C@@H](NC(=O)Nc1cccc(Br)c1)C(=O)O. The highest BCUT2D eigenvalue weighted by Gasteiger charge is 2.20. The van der Waals surface area contributed by atoms with E-state index in [9.17, 15) is 14.4 Å². The number of carbonyl (C=O) groups excluding carboxylic acids is 2. The lowest BCUT2D eigenvalue weighted by molar-refractivity contribution is -0.139. The number of anilines is 1. The lowest BCUT2D eigenvalue weighted by Crippen LogP contribution is -2.43. The molecule has 0 saturated heterocycles. The number of aliphatic carboxylic acids is 1. The van der Waals surface area contributed by atoms with Crippen molar-refractivity contribution in [2.75, 3.05) is 5.32 Å². The van der Waals surface area contributed by atoms with Crippen LogP contribution in [0.5, 0.6) is 0 Å². The van der Waals surface area contributed by atoms with E-state index in [4.69, 9.17) is 10.8 Å². The first-order chi connectivity index (χ1) is 9.38. The molecule has 0 aliphatic rings. The number of hydrogen-bond donors (Lipinski definition) is 4. The van der Waals surface area contributed by atoms with Gasteiger partial charge in [0.25, 0.3) is 0 Å². The van der Waals surface area contributed by atoms with E-state index in [0.29, 0.717) is 5.69 Å². The van der Waals surface area contributed by atoms with Gasteiger partial charge in [0.1, 0.15) is 6.04 Å². The minimum absolute atomic E-state index is 0.0590. The molecule has 5 N–H and O–H groups in total. The zero-order valence-corrected chi connectivity index (χ0v) is 12.0. The van der Waals surface area contributed by atoms with E-state index in [0.717, 1.165) is 4.47 Å². The molecule has 0 bridgehead atoms. The molecule has 108 valence electrons. The predicted octanol–water partition coefficient (Wildman–Crippen LogP) is 1.29. The highest BCUT2D eigenvalue weighted by molar-refractivity contribution is 9.10. The van der Waals surface area contributed by atoms with Gasteiger partial charge in [0.2, 0.25) is 5.91 Å². The van der Waals surface area contributed by atoms with Crippen LogP contribution in [0.1, 0.15) is 12.8 Å². The summed E-state index contributed by atoms with van der Waals surface area (Å²) < 4.78 is 0.777. The van der Waals surface area contributed by atoms with E-state index in [1.165, 1.54) is 0 Å². The summed E-state index contributed by atoms with van der Waals surface area (Å²) in [6.07, 6.45) is -0.176. The Hall–Kier alpha value is -2.09. The third-order valence-corrected chi connectivity index (χ3v) is 2.86. The van der Waals surface area contributed by atoms with Crippen molar-refractivity contribution in [3.05, 3.63) is 28.7 Å². The lowest BCUT2D eigenvalue weighted by Gasteiger charge is -2.14. The zero-order chi connectivity index (χ0) is 15.1. The fourth-order valence-electron chi connectivity index (χ4n) is 1.44. The molecule has 1 rings (SSSR count). The number of carboxylic acids is 1. The van der Waals surface area contributed by atoms with Gasteiger partial charge in [-0.1, -0.05) is 22.0 Å². The average molecular weight is 344 g/mol. The summed E-state index contributed by atoms with van der Waals surface area (Å²) in [4.78, 5) is 33.3. The maximum absolute atomic E-state index is 11.7. The lowest BCUT2D eigenvalue weighted by atomic mass is 10.1. The van der Waals surface area contributed by atoms with Gasteiger partial charge in [-0.2, -0.15) is 0 Å². The molecular formula is C12H14BrN3O4. The monoisotopic (exact) mass is 343 g/mol. The Morgan fingerprint density at radius 1 is 1.35 bits per heavy atom. The quantitative estimate of drug-likeness (QED) is 0.621. The standard InChI is InChI=1S/C12H14BrN3O4/c13-7-2-1-3-8(6-7)15-12(20)16-9(11(18)19)4-5-10(14)17/h1-3,6,9H,4-5H2,(H2,14,17)(H,18,19)(H2,15,16,20)/t9-/m1/s1. The van der Waals surface area contributed by atoms with Crippen LogP contribution >= 0.6 is 15.9 Å². The third kappa shape index (κ3) is 5.70. The van der Waals surface area contributed by atoms with Crippen LogP contribution in [-0.4, -0.2) is 29.1 Å². The molecule has 0 unspecified atom stereocenters. The number of primary amides is 1. The van der Waals surface area contributed by atoms with E-state index in [1.807, 2.05) is 0 Å². The second-order valence-corrected chi connectivity index (χ2v) is 4.92. The molecule has 8 heteroatoms. The number of carboxylic acid groups (broad SMARTS) is 1. The molecule has 0 aliphatic heterocycles. The molecule has 0 fully saturated rings. The van der Waals surface area contributed by atoms with Gasteiger partial charge in [0, 0.05) is 16.6 Å². The van der Waals surface area contributed by atoms with Crippen LogP contribution in [0.25, 0.3) is 0 Å².